The summed E-state index contributed by atoms with van der Waals surface area (Å²) >= 11 is 11.5. The Morgan fingerprint density at radius 3 is 2.37 bits per heavy atom. The van der Waals surface area contributed by atoms with Crippen molar-refractivity contribution in [3.05, 3.63) is 45.7 Å². The van der Waals surface area contributed by atoms with E-state index in [2.05, 4.69) is 30.8 Å². The topological polar surface area (TPSA) is 196 Å². The molecule has 0 aliphatic carbocycles. The van der Waals surface area contributed by atoms with Gasteiger partial charge in [-0.15, -0.1) is 0 Å². The molecule has 0 radical (unpaired) electrons. The van der Waals surface area contributed by atoms with Crippen molar-refractivity contribution < 1.29 is 4.79 Å². The van der Waals surface area contributed by atoms with Crippen LogP contribution < -0.4 is 33.8 Å². The number of nitrogens with two attached hydrogens (primary N) is 4. The van der Waals surface area contributed by atoms with Gasteiger partial charge in [-0.3, -0.25) is 15.6 Å². The number of aliphatic imine (C=N–C) groups is 2. The number of carbonyl (C=O) groups excluding carboxylic acids is 1. The zero-order valence-corrected chi connectivity index (χ0v) is 15.3. The second-order valence-electron chi connectivity index (χ2n) is 5.01. The van der Waals surface area contributed by atoms with E-state index in [-0.39, 0.29) is 40.9 Å². The van der Waals surface area contributed by atoms with Crippen LogP contribution in [0.3, 0.4) is 0 Å². The average Bonchev–Trinajstić information content (AvgIpc) is 2.62. The second-order valence-corrected chi connectivity index (χ2v) is 5.81. The predicted molar refractivity (Wildman–Crippen MR) is 105 cm³/mol. The minimum Gasteiger partial charge on any atom is -0.382 e. The average molecular weight is 411 g/mol. The summed E-state index contributed by atoms with van der Waals surface area (Å²) in [5, 5.41) is 0.459. The number of nitrogen functional groups attached to an aromatic ring is 2. The lowest BCUT2D eigenvalue weighted by molar-refractivity contribution is 0.0939. The maximum atomic E-state index is 12.0. The number of hydrogen-bond acceptors (Lipinski definition) is 6. The smallest absolute Gasteiger partial charge is 0.292 e. The molecule has 0 spiro atoms. The van der Waals surface area contributed by atoms with E-state index in [1.165, 1.54) is 0 Å². The number of benzene rings is 1. The summed E-state index contributed by atoms with van der Waals surface area (Å²) in [4.78, 5) is 27.3. The first-order valence-corrected chi connectivity index (χ1v) is 8.05. The highest BCUT2D eigenvalue weighted by atomic mass is 35.5. The number of nitrogens with zero attached hydrogens (tertiary/aromatic N) is 4. The lowest BCUT2D eigenvalue weighted by Gasteiger charge is -2.09. The molecule has 1 aromatic heterocycles. The van der Waals surface area contributed by atoms with E-state index in [9.17, 15) is 4.79 Å². The summed E-state index contributed by atoms with van der Waals surface area (Å²) in [6, 6.07) is 7.06. The van der Waals surface area contributed by atoms with Crippen LogP contribution in [0.2, 0.25) is 10.2 Å². The Labute approximate surface area is 163 Å². The van der Waals surface area contributed by atoms with Crippen LogP contribution in [0.5, 0.6) is 0 Å². The Morgan fingerprint density at radius 2 is 1.70 bits per heavy atom. The third-order valence-corrected chi connectivity index (χ3v) is 3.53. The van der Waals surface area contributed by atoms with Crippen LogP contribution in [0.15, 0.2) is 34.3 Å². The van der Waals surface area contributed by atoms with Gasteiger partial charge in [0.25, 0.3) is 5.91 Å². The Balaban J connectivity index is 1.94. The highest BCUT2D eigenvalue weighted by molar-refractivity contribution is 6.31. The molecule has 13 heteroatoms. The molecule has 1 amide bonds. The van der Waals surface area contributed by atoms with Crippen molar-refractivity contribution in [3.8, 4) is 0 Å². The van der Waals surface area contributed by atoms with Crippen molar-refractivity contribution >= 4 is 52.7 Å². The zero-order valence-electron chi connectivity index (χ0n) is 13.8. The summed E-state index contributed by atoms with van der Waals surface area (Å²) < 4.78 is 0. The number of anilines is 2. The molecule has 0 atom stereocenters. The number of amides is 1. The lowest BCUT2D eigenvalue weighted by atomic mass is 10.2. The molecule has 1 aromatic carbocycles. The quantitative estimate of drug-likeness (QED) is 0.231. The Hall–Kier alpha value is -3.31. The van der Waals surface area contributed by atoms with E-state index in [1.807, 2.05) is 0 Å². The molecule has 27 heavy (non-hydrogen) atoms. The van der Waals surface area contributed by atoms with Gasteiger partial charge in [0.2, 0.25) is 11.9 Å². The largest absolute Gasteiger partial charge is 0.382 e. The van der Waals surface area contributed by atoms with Crippen molar-refractivity contribution in [1.82, 2.24) is 20.8 Å². The molecule has 2 aromatic rings. The molecule has 1 heterocycles. The Bertz CT molecular complexity index is 898. The van der Waals surface area contributed by atoms with Gasteiger partial charge in [-0.2, -0.15) is 4.99 Å². The van der Waals surface area contributed by atoms with Gasteiger partial charge in [-0.1, -0.05) is 35.3 Å². The summed E-state index contributed by atoms with van der Waals surface area (Å²) in [6.45, 7) is 0.280. The fourth-order valence-electron chi connectivity index (χ4n) is 1.74. The van der Waals surface area contributed by atoms with Crippen LogP contribution in [0.1, 0.15) is 16.1 Å². The van der Waals surface area contributed by atoms with Crippen LogP contribution >= 0.6 is 23.2 Å². The van der Waals surface area contributed by atoms with Crippen LogP contribution in [0, 0.1) is 0 Å². The number of guanidine groups is 2. The van der Waals surface area contributed by atoms with Crippen molar-refractivity contribution in [2.75, 3.05) is 11.5 Å². The number of hydrazine groups is 1. The predicted octanol–water partition coefficient (Wildman–Crippen LogP) is 0.0118. The molecule has 0 bridgehead atoms. The fraction of sp³-hybridized carbons (Fsp3) is 0.0714. The summed E-state index contributed by atoms with van der Waals surface area (Å²) in [7, 11) is 0. The Morgan fingerprint density at radius 1 is 1.04 bits per heavy atom. The second kappa shape index (κ2) is 8.87. The van der Waals surface area contributed by atoms with Crippen LogP contribution in [0.25, 0.3) is 0 Å². The molecule has 10 N–H and O–H groups in total. The van der Waals surface area contributed by atoms with E-state index < -0.39 is 5.91 Å². The first kappa shape index (κ1) is 20.0. The van der Waals surface area contributed by atoms with Crippen LogP contribution in [-0.2, 0) is 6.54 Å². The molecule has 2 rings (SSSR count). The van der Waals surface area contributed by atoms with Crippen LogP contribution in [-0.4, -0.2) is 27.8 Å². The molecule has 0 aliphatic rings. The van der Waals surface area contributed by atoms with Gasteiger partial charge in [-0.25, -0.2) is 15.0 Å². The van der Waals surface area contributed by atoms with Crippen molar-refractivity contribution in [2.45, 2.75) is 6.54 Å². The molecule has 0 aliphatic heterocycles. The first-order valence-electron chi connectivity index (χ1n) is 7.29. The molecule has 0 saturated carbocycles. The van der Waals surface area contributed by atoms with Crippen molar-refractivity contribution in [1.29, 1.82) is 0 Å². The van der Waals surface area contributed by atoms with E-state index in [0.717, 1.165) is 5.56 Å². The van der Waals surface area contributed by atoms with Gasteiger partial charge >= 0.3 is 0 Å². The summed E-state index contributed by atoms with van der Waals surface area (Å²) in [6.07, 6.45) is 0. The molecule has 142 valence electrons. The van der Waals surface area contributed by atoms with Crippen LogP contribution in [0.4, 0.5) is 11.6 Å². The minimum absolute atomic E-state index is 0.0931. The fourth-order valence-corrected chi connectivity index (χ4v) is 1.99. The van der Waals surface area contributed by atoms with E-state index in [0.29, 0.717) is 5.02 Å². The number of rotatable bonds is 3. The monoisotopic (exact) mass is 410 g/mol. The minimum atomic E-state index is -0.753. The molecular weight excluding hydrogens is 395 g/mol. The van der Waals surface area contributed by atoms with Gasteiger partial charge in [0.05, 0.1) is 6.54 Å². The van der Waals surface area contributed by atoms with Gasteiger partial charge < -0.3 is 22.9 Å². The molecular formula is C14H16Cl2N10O. The first-order chi connectivity index (χ1) is 12.8. The molecule has 11 nitrogen and oxygen atoms in total. The number of carbonyl (C=O) groups is 1. The molecule has 0 saturated heterocycles. The maximum absolute atomic E-state index is 12.0. The highest BCUT2D eigenvalue weighted by Gasteiger charge is 2.15. The van der Waals surface area contributed by atoms with Crippen molar-refractivity contribution in [2.24, 2.45) is 21.5 Å². The maximum Gasteiger partial charge on any atom is 0.292 e. The number of aromatic nitrogens is 2. The van der Waals surface area contributed by atoms with Crippen molar-refractivity contribution in [3.63, 3.8) is 0 Å². The van der Waals surface area contributed by atoms with E-state index in [1.54, 1.807) is 24.3 Å². The number of halogens is 2. The van der Waals surface area contributed by atoms with Gasteiger partial charge in [-0.05, 0) is 17.7 Å². The number of nitrogens with one attached hydrogen (secondary N) is 2. The van der Waals surface area contributed by atoms with Gasteiger partial charge in [0.15, 0.2) is 22.5 Å². The van der Waals surface area contributed by atoms with Gasteiger partial charge in [0, 0.05) is 5.02 Å². The van der Waals surface area contributed by atoms with E-state index in [4.69, 9.17) is 46.1 Å². The lowest BCUT2D eigenvalue weighted by Crippen LogP contribution is -2.46. The highest BCUT2D eigenvalue weighted by Crippen LogP contribution is 2.16. The third kappa shape index (κ3) is 5.87. The Kier molecular flexibility index (Phi) is 6.57. The molecule has 0 fully saturated rings. The number of hydrogen-bond donors (Lipinski definition) is 6. The standard InChI is InChI=1S/C14H16Cl2N10O/c15-7-3-1-6(2-4-7)5-21-13(19)24-14(20)26-25-12(27)8-10(17)23-11(18)9(16)22-8/h1-4H,5H2,(H,25,27)(H4,17,18,23)(H5,19,20,21,24,26). The summed E-state index contributed by atoms with van der Waals surface area (Å²) in [5.41, 5.74) is 27.5. The SMILES string of the molecule is NC(=NCc1ccc(Cl)cc1)/N=C(\N)NNC(=O)c1nc(Cl)c(N)nc1N. The zero-order chi connectivity index (χ0) is 20.0. The molecule has 0 unspecified atom stereocenters. The van der Waals surface area contributed by atoms with E-state index >= 15 is 0 Å². The third-order valence-electron chi connectivity index (χ3n) is 3.00. The summed E-state index contributed by atoms with van der Waals surface area (Å²) in [5.74, 6) is -1.36. The normalized spacial score (nSPS) is 11.9. The van der Waals surface area contributed by atoms with Gasteiger partial charge in [0.1, 0.15) is 0 Å².